The number of ether oxygens (including phenoxy) is 1. The molecule has 1 aromatic carbocycles. The van der Waals surface area contributed by atoms with E-state index in [1.54, 1.807) is 0 Å². The minimum Gasteiger partial charge on any atom is -0.494 e. The Labute approximate surface area is 116 Å². The number of nitrogens with zero attached hydrogens (tertiary/aromatic N) is 1. The molecular weight excluding hydrogens is 246 g/mol. The molecule has 18 heavy (non-hydrogen) atoms. The summed E-state index contributed by atoms with van der Waals surface area (Å²) in [5.41, 5.74) is 2.59. The van der Waals surface area contributed by atoms with E-state index in [4.69, 9.17) is 16.3 Å². The Morgan fingerprint density at radius 2 is 2.06 bits per heavy atom. The zero-order valence-corrected chi connectivity index (χ0v) is 12.5. The first-order valence-electron chi connectivity index (χ1n) is 6.64. The third kappa shape index (κ3) is 5.28. The van der Waals surface area contributed by atoms with Crippen LogP contribution in [-0.2, 0) is 6.42 Å². The van der Waals surface area contributed by atoms with Gasteiger partial charge in [0.05, 0.1) is 6.61 Å². The molecular formula is C15H24ClNO. The van der Waals surface area contributed by atoms with Crippen LogP contribution >= 0.6 is 11.6 Å². The monoisotopic (exact) mass is 269 g/mol. The van der Waals surface area contributed by atoms with Gasteiger partial charge in [0.25, 0.3) is 0 Å². The third-order valence-corrected chi connectivity index (χ3v) is 3.26. The van der Waals surface area contributed by atoms with E-state index in [1.165, 1.54) is 11.1 Å². The van der Waals surface area contributed by atoms with E-state index in [9.17, 15) is 0 Å². The number of aryl methyl sites for hydroxylation is 1. The molecule has 0 amide bonds. The van der Waals surface area contributed by atoms with Gasteiger partial charge in [-0.15, -0.1) is 11.6 Å². The van der Waals surface area contributed by atoms with Gasteiger partial charge in [-0.1, -0.05) is 12.1 Å². The van der Waals surface area contributed by atoms with Gasteiger partial charge >= 0.3 is 0 Å². The Morgan fingerprint density at radius 1 is 1.28 bits per heavy atom. The average molecular weight is 270 g/mol. The van der Waals surface area contributed by atoms with E-state index in [0.29, 0.717) is 0 Å². The SMILES string of the molecule is CCOc1ccc(CCN(C)CCCCl)cc1C. The molecule has 0 radical (unpaired) electrons. The molecule has 0 heterocycles. The van der Waals surface area contributed by atoms with Crippen molar-refractivity contribution in [3.05, 3.63) is 29.3 Å². The summed E-state index contributed by atoms with van der Waals surface area (Å²) in [5, 5.41) is 0. The van der Waals surface area contributed by atoms with Crippen molar-refractivity contribution in [3.63, 3.8) is 0 Å². The number of halogens is 1. The van der Waals surface area contributed by atoms with Crippen molar-refractivity contribution in [2.24, 2.45) is 0 Å². The maximum absolute atomic E-state index is 5.69. The second-order valence-corrected chi connectivity index (χ2v) is 5.01. The largest absolute Gasteiger partial charge is 0.494 e. The quantitative estimate of drug-likeness (QED) is 0.670. The number of benzene rings is 1. The molecule has 0 N–H and O–H groups in total. The molecule has 0 atom stereocenters. The summed E-state index contributed by atoms with van der Waals surface area (Å²) >= 11 is 5.69. The van der Waals surface area contributed by atoms with Crippen molar-refractivity contribution >= 4 is 11.6 Å². The Morgan fingerprint density at radius 3 is 2.67 bits per heavy atom. The van der Waals surface area contributed by atoms with Crippen LogP contribution in [-0.4, -0.2) is 37.5 Å². The van der Waals surface area contributed by atoms with E-state index in [1.807, 2.05) is 6.92 Å². The van der Waals surface area contributed by atoms with Crippen molar-refractivity contribution in [2.45, 2.75) is 26.7 Å². The van der Waals surface area contributed by atoms with Crippen LogP contribution in [0.15, 0.2) is 18.2 Å². The van der Waals surface area contributed by atoms with Gasteiger partial charge in [-0.2, -0.15) is 0 Å². The number of likely N-dealkylation sites (N-methyl/N-ethyl adjacent to an activating group) is 1. The van der Waals surface area contributed by atoms with Crippen molar-refractivity contribution in [3.8, 4) is 5.75 Å². The van der Waals surface area contributed by atoms with Crippen LogP contribution in [0.2, 0.25) is 0 Å². The summed E-state index contributed by atoms with van der Waals surface area (Å²) in [6.45, 7) is 6.98. The molecule has 102 valence electrons. The molecule has 3 heteroatoms. The van der Waals surface area contributed by atoms with Crippen molar-refractivity contribution in [1.82, 2.24) is 4.90 Å². The van der Waals surface area contributed by atoms with Crippen molar-refractivity contribution < 1.29 is 4.74 Å². The first-order chi connectivity index (χ1) is 8.67. The Bertz CT molecular complexity index is 354. The smallest absolute Gasteiger partial charge is 0.122 e. The molecule has 1 rings (SSSR count). The molecule has 0 saturated heterocycles. The summed E-state index contributed by atoms with van der Waals surface area (Å²) in [7, 11) is 2.15. The number of hydrogen-bond donors (Lipinski definition) is 0. The minimum absolute atomic E-state index is 0.724. The summed E-state index contributed by atoms with van der Waals surface area (Å²) < 4.78 is 5.55. The predicted octanol–water partition coefficient (Wildman–Crippen LogP) is 3.50. The molecule has 0 bridgehead atoms. The van der Waals surface area contributed by atoms with E-state index in [0.717, 1.165) is 44.2 Å². The first-order valence-corrected chi connectivity index (χ1v) is 7.17. The lowest BCUT2D eigenvalue weighted by molar-refractivity contribution is 0.335. The Balaban J connectivity index is 2.45. The van der Waals surface area contributed by atoms with Crippen LogP contribution in [0.3, 0.4) is 0 Å². The maximum atomic E-state index is 5.69. The van der Waals surface area contributed by atoms with Gasteiger partial charge in [0.15, 0.2) is 0 Å². The second-order valence-electron chi connectivity index (χ2n) is 4.63. The molecule has 1 aromatic rings. The fourth-order valence-electron chi connectivity index (χ4n) is 1.95. The van der Waals surface area contributed by atoms with Crippen LogP contribution in [0.4, 0.5) is 0 Å². The predicted molar refractivity (Wildman–Crippen MR) is 78.9 cm³/mol. The highest BCUT2D eigenvalue weighted by Crippen LogP contribution is 2.19. The summed E-state index contributed by atoms with van der Waals surface area (Å²) in [5.74, 6) is 1.74. The average Bonchev–Trinajstić information content (AvgIpc) is 2.37. The van der Waals surface area contributed by atoms with Gasteiger partial charge in [0, 0.05) is 12.4 Å². The summed E-state index contributed by atoms with van der Waals surface area (Å²) in [6, 6.07) is 6.46. The van der Waals surface area contributed by atoms with Gasteiger partial charge in [-0.3, -0.25) is 0 Å². The van der Waals surface area contributed by atoms with Crippen LogP contribution < -0.4 is 4.74 Å². The van der Waals surface area contributed by atoms with Crippen LogP contribution in [0.1, 0.15) is 24.5 Å². The summed E-state index contributed by atoms with van der Waals surface area (Å²) in [6.07, 6.45) is 2.13. The molecule has 0 spiro atoms. The fraction of sp³-hybridized carbons (Fsp3) is 0.600. The van der Waals surface area contributed by atoms with E-state index >= 15 is 0 Å². The lowest BCUT2D eigenvalue weighted by Crippen LogP contribution is -2.22. The van der Waals surface area contributed by atoms with Crippen molar-refractivity contribution in [2.75, 3.05) is 32.6 Å². The van der Waals surface area contributed by atoms with Crippen LogP contribution in [0, 0.1) is 6.92 Å². The normalized spacial score (nSPS) is 10.9. The fourth-order valence-corrected chi connectivity index (χ4v) is 2.07. The maximum Gasteiger partial charge on any atom is 0.122 e. The molecule has 0 saturated carbocycles. The van der Waals surface area contributed by atoms with Gasteiger partial charge in [0.2, 0.25) is 0 Å². The van der Waals surface area contributed by atoms with E-state index in [-0.39, 0.29) is 0 Å². The highest BCUT2D eigenvalue weighted by atomic mass is 35.5. The molecule has 2 nitrogen and oxygen atoms in total. The molecule has 0 aliphatic carbocycles. The van der Waals surface area contributed by atoms with Crippen LogP contribution in [0.5, 0.6) is 5.75 Å². The number of hydrogen-bond acceptors (Lipinski definition) is 2. The van der Waals surface area contributed by atoms with Gasteiger partial charge in [0.1, 0.15) is 5.75 Å². The lowest BCUT2D eigenvalue weighted by atomic mass is 10.1. The van der Waals surface area contributed by atoms with E-state index in [2.05, 4.69) is 37.1 Å². The molecule has 0 aliphatic heterocycles. The third-order valence-electron chi connectivity index (χ3n) is 2.99. The highest BCUT2D eigenvalue weighted by Gasteiger charge is 2.03. The molecule has 0 fully saturated rings. The first kappa shape index (κ1) is 15.3. The van der Waals surface area contributed by atoms with Gasteiger partial charge < -0.3 is 9.64 Å². The Hall–Kier alpha value is -0.730. The Kier molecular flexibility index (Phi) is 7.14. The van der Waals surface area contributed by atoms with Gasteiger partial charge in [-0.25, -0.2) is 0 Å². The lowest BCUT2D eigenvalue weighted by Gasteiger charge is -2.16. The minimum atomic E-state index is 0.724. The van der Waals surface area contributed by atoms with Crippen molar-refractivity contribution in [1.29, 1.82) is 0 Å². The second kappa shape index (κ2) is 8.39. The summed E-state index contributed by atoms with van der Waals surface area (Å²) in [4.78, 5) is 2.33. The number of rotatable bonds is 8. The zero-order valence-electron chi connectivity index (χ0n) is 11.7. The van der Waals surface area contributed by atoms with Crippen LogP contribution in [0.25, 0.3) is 0 Å². The molecule has 0 aromatic heterocycles. The zero-order chi connectivity index (χ0) is 13.4. The molecule has 0 aliphatic rings. The standard InChI is InChI=1S/C15H24ClNO/c1-4-18-15-7-6-14(12-13(15)2)8-11-17(3)10-5-9-16/h6-7,12H,4-5,8-11H2,1-3H3. The highest BCUT2D eigenvalue weighted by molar-refractivity contribution is 6.17. The topological polar surface area (TPSA) is 12.5 Å². The molecule has 0 unspecified atom stereocenters. The number of alkyl halides is 1. The van der Waals surface area contributed by atoms with Gasteiger partial charge in [-0.05, 0) is 57.5 Å². The van der Waals surface area contributed by atoms with E-state index < -0.39 is 0 Å².